The summed E-state index contributed by atoms with van der Waals surface area (Å²) < 4.78 is 41.7. The Bertz CT molecular complexity index is 990. The molecule has 1 aliphatic heterocycles. The highest BCUT2D eigenvalue weighted by molar-refractivity contribution is 6.02. The number of para-hydroxylation sites is 1. The van der Waals surface area contributed by atoms with Crippen LogP contribution in [0.15, 0.2) is 46.6 Å². The van der Waals surface area contributed by atoms with Crippen LogP contribution in [0.2, 0.25) is 0 Å². The normalized spacial score (nSPS) is 15.3. The molecule has 7 nitrogen and oxygen atoms in total. The monoisotopic (exact) mass is 418 g/mol. The number of rotatable bonds is 6. The zero-order valence-corrected chi connectivity index (χ0v) is 17.3. The van der Waals surface area contributed by atoms with Crippen molar-refractivity contribution in [2.24, 2.45) is 16.0 Å². The summed E-state index contributed by atoms with van der Waals surface area (Å²) in [7, 11) is 1.76. The fraction of sp³-hybridized carbons (Fsp3) is 0.333. The Balaban J connectivity index is 1.79. The molecular formula is C21H24F2N4O3. The smallest absolute Gasteiger partial charge is 0.475 e. The number of halogens is 2. The van der Waals surface area contributed by atoms with Gasteiger partial charge in [0.25, 0.3) is 0 Å². The molecule has 0 fully saturated rings. The summed E-state index contributed by atoms with van der Waals surface area (Å²) in [5, 5.41) is 9.83. The predicted octanol–water partition coefficient (Wildman–Crippen LogP) is 4.38. The Labute approximate surface area is 173 Å². The predicted molar refractivity (Wildman–Crippen MR) is 111 cm³/mol. The van der Waals surface area contributed by atoms with Gasteiger partial charge < -0.3 is 19.2 Å². The Morgan fingerprint density at radius 3 is 2.60 bits per heavy atom. The lowest BCUT2D eigenvalue weighted by molar-refractivity contribution is -0.286. The van der Waals surface area contributed by atoms with Crippen molar-refractivity contribution in [1.82, 2.24) is 0 Å². The fourth-order valence-electron chi connectivity index (χ4n) is 3.00. The minimum Gasteiger partial charge on any atom is -0.475 e. The van der Waals surface area contributed by atoms with E-state index in [2.05, 4.69) is 19.7 Å². The Kier molecular flexibility index (Phi) is 6.21. The van der Waals surface area contributed by atoms with E-state index in [1.165, 1.54) is 11.1 Å². The molecular weight excluding hydrogens is 394 g/mol. The van der Waals surface area contributed by atoms with E-state index in [1.807, 2.05) is 32.0 Å². The molecule has 0 aromatic heterocycles. The third kappa shape index (κ3) is 4.68. The Morgan fingerprint density at radius 1 is 1.17 bits per heavy atom. The van der Waals surface area contributed by atoms with E-state index < -0.39 is 6.29 Å². The molecule has 0 saturated carbocycles. The highest BCUT2D eigenvalue weighted by atomic mass is 19.3. The molecule has 2 N–H and O–H groups in total. The van der Waals surface area contributed by atoms with Gasteiger partial charge in [-0.1, -0.05) is 25.1 Å². The van der Waals surface area contributed by atoms with Gasteiger partial charge in [0.05, 0.1) is 11.4 Å². The maximum Gasteiger partial charge on any atom is 0.586 e. The third-order valence-corrected chi connectivity index (χ3v) is 4.58. The van der Waals surface area contributed by atoms with Crippen LogP contribution < -0.4 is 20.3 Å². The van der Waals surface area contributed by atoms with Crippen LogP contribution in [0.25, 0.3) is 0 Å². The molecule has 0 radical (unpaired) electrons. The van der Waals surface area contributed by atoms with Crippen molar-refractivity contribution in [2.45, 2.75) is 40.1 Å². The second kappa shape index (κ2) is 8.66. The van der Waals surface area contributed by atoms with Gasteiger partial charge in [-0.05, 0) is 37.6 Å². The number of fused-ring (bicyclic) bond motifs is 1. The molecule has 9 heteroatoms. The first-order valence-electron chi connectivity index (χ1n) is 9.42. The molecule has 0 bridgehead atoms. The number of nitrogens with two attached hydrogens (primary N) is 1. The van der Waals surface area contributed by atoms with Crippen LogP contribution in [-0.2, 0) is 11.3 Å². The van der Waals surface area contributed by atoms with E-state index in [9.17, 15) is 8.78 Å². The molecule has 1 heterocycles. The largest absolute Gasteiger partial charge is 0.586 e. The van der Waals surface area contributed by atoms with E-state index in [1.54, 1.807) is 26.1 Å². The van der Waals surface area contributed by atoms with Crippen LogP contribution in [0.5, 0.6) is 11.5 Å². The lowest BCUT2D eigenvalue weighted by Gasteiger charge is -2.19. The van der Waals surface area contributed by atoms with E-state index in [4.69, 9.17) is 10.6 Å². The van der Waals surface area contributed by atoms with Gasteiger partial charge in [0.1, 0.15) is 6.61 Å². The first kappa shape index (κ1) is 21.5. The van der Waals surface area contributed by atoms with Crippen molar-refractivity contribution >= 4 is 17.3 Å². The zero-order chi connectivity index (χ0) is 21.9. The van der Waals surface area contributed by atoms with Crippen LogP contribution in [0.3, 0.4) is 0 Å². The lowest BCUT2D eigenvalue weighted by Crippen LogP contribution is -2.26. The SMILES string of the molecule is CC/C(=N\N=C(C)c1cccc2c1OC(F)(F)O2)OCc1c(C)cccc1N(C)N. The molecule has 0 amide bonds. The van der Waals surface area contributed by atoms with E-state index >= 15 is 0 Å². The number of ether oxygens (including phenoxy) is 3. The van der Waals surface area contributed by atoms with Crippen LogP contribution in [0.1, 0.15) is 37.0 Å². The summed E-state index contributed by atoms with van der Waals surface area (Å²) in [4.78, 5) is 0. The van der Waals surface area contributed by atoms with Crippen LogP contribution >= 0.6 is 0 Å². The number of aryl methyl sites for hydroxylation is 1. The van der Waals surface area contributed by atoms with E-state index in [-0.39, 0.29) is 18.1 Å². The quantitative estimate of drug-likeness (QED) is 0.326. The topological polar surface area (TPSA) is 81.7 Å². The standard InChI is InChI=1S/C21H24F2N4O3/c1-5-19(28-12-16-13(2)8-6-10-17(16)27(4)24)26-25-14(3)15-9-7-11-18-20(15)30-21(22,23)29-18/h6-11H,5,12,24H2,1-4H3/b25-14?,26-19+. The molecule has 0 saturated heterocycles. The number of hydrogen-bond donors (Lipinski definition) is 1. The second-order valence-corrected chi connectivity index (χ2v) is 6.81. The maximum absolute atomic E-state index is 13.4. The molecule has 30 heavy (non-hydrogen) atoms. The summed E-state index contributed by atoms with van der Waals surface area (Å²) in [5.41, 5.74) is 3.59. The van der Waals surface area contributed by atoms with Crippen LogP contribution in [0, 0.1) is 6.92 Å². The van der Waals surface area contributed by atoms with Crippen molar-refractivity contribution in [2.75, 3.05) is 12.1 Å². The van der Waals surface area contributed by atoms with Gasteiger partial charge in [0.15, 0.2) is 11.5 Å². The molecule has 0 atom stereocenters. The molecule has 160 valence electrons. The van der Waals surface area contributed by atoms with E-state index in [0.29, 0.717) is 23.6 Å². The van der Waals surface area contributed by atoms with Gasteiger partial charge >= 0.3 is 6.29 Å². The van der Waals surface area contributed by atoms with Crippen molar-refractivity contribution in [3.8, 4) is 11.5 Å². The van der Waals surface area contributed by atoms with Gasteiger partial charge in [-0.3, -0.25) is 0 Å². The van der Waals surface area contributed by atoms with Crippen molar-refractivity contribution < 1.29 is 23.0 Å². The summed E-state index contributed by atoms with van der Waals surface area (Å²) in [6.45, 7) is 5.78. The Morgan fingerprint density at radius 2 is 1.90 bits per heavy atom. The first-order chi connectivity index (χ1) is 14.2. The molecule has 0 aliphatic carbocycles. The van der Waals surface area contributed by atoms with Gasteiger partial charge in [0.2, 0.25) is 5.90 Å². The minimum absolute atomic E-state index is 0.0408. The second-order valence-electron chi connectivity index (χ2n) is 6.81. The number of alkyl halides is 2. The Hall–Kier alpha value is -3.20. The van der Waals surface area contributed by atoms with Gasteiger partial charge in [-0.15, -0.1) is 13.9 Å². The lowest BCUT2D eigenvalue weighted by atomic mass is 10.1. The van der Waals surface area contributed by atoms with Crippen molar-refractivity contribution in [3.63, 3.8) is 0 Å². The van der Waals surface area contributed by atoms with Crippen molar-refractivity contribution in [1.29, 1.82) is 0 Å². The number of hydrogen-bond acceptors (Lipinski definition) is 7. The molecule has 0 spiro atoms. The van der Waals surface area contributed by atoms with Gasteiger partial charge in [0, 0.05) is 24.6 Å². The molecule has 3 rings (SSSR count). The number of benzene rings is 2. The molecule has 2 aromatic rings. The number of hydrazine groups is 1. The molecule has 2 aromatic carbocycles. The first-order valence-corrected chi connectivity index (χ1v) is 9.42. The highest BCUT2D eigenvalue weighted by Gasteiger charge is 2.44. The fourth-order valence-corrected chi connectivity index (χ4v) is 3.00. The van der Waals surface area contributed by atoms with Crippen molar-refractivity contribution in [3.05, 3.63) is 53.1 Å². The summed E-state index contributed by atoms with van der Waals surface area (Å²) in [6.07, 6.45) is -3.19. The number of nitrogens with zero attached hydrogens (tertiary/aromatic N) is 3. The van der Waals surface area contributed by atoms with Crippen LogP contribution in [-0.4, -0.2) is 25.0 Å². The number of anilines is 1. The minimum atomic E-state index is -3.69. The molecule has 1 aliphatic rings. The summed E-state index contributed by atoms with van der Waals surface area (Å²) in [5.74, 6) is 6.20. The van der Waals surface area contributed by atoms with Gasteiger partial charge in [-0.2, -0.15) is 5.10 Å². The average Bonchev–Trinajstić information content (AvgIpc) is 3.02. The van der Waals surface area contributed by atoms with Gasteiger partial charge in [-0.25, -0.2) is 5.84 Å². The third-order valence-electron chi connectivity index (χ3n) is 4.58. The average molecular weight is 418 g/mol. The summed E-state index contributed by atoms with van der Waals surface area (Å²) in [6, 6.07) is 10.4. The zero-order valence-electron chi connectivity index (χ0n) is 17.3. The van der Waals surface area contributed by atoms with Crippen LogP contribution in [0.4, 0.5) is 14.5 Å². The van der Waals surface area contributed by atoms with E-state index in [0.717, 1.165) is 16.8 Å². The molecule has 0 unspecified atom stereocenters. The maximum atomic E-state index is 13.4. The highest BCUT2D eigenvalue weighted by Crippen LogP contribution is 2.43. The summed E-state index contributed by atoms with van der Waals surface area (Å²) >= 11 is 0.